The van der Waals surface area contributed by atoms with Crippen LogP contribution in [0, 0.1) is 11.3 Å². The van der Waals surface area contributed by atoms with E-state index in [9.17, 15) is 4.79 Å². The Kier molecular flexibility index (Phi) is 5.02. The van der Waals surface area contributed by atoms with Gasteiger partial charge < -0.3 is 9.47 Å². The Hall–Kier alpha value is -3.99. The van der Waals surface area contributed by atoms with Crippen LogP contribution in [0.2, 0.25) is 0 Å². The van der Waals surface area contributed by atoms with Crippen molar-refractivity contribution in [3.05, 3.63) is 59.7 Å². The summed E-state index contributed by atoms with van der Waals surface area (Å²) in [6, 6.07) is 10.7. The first-order valence-electron chi connectivity index (χ1n) is 9.32. The molecule has 4 rings (SSSR count). The molecule has 3 aromatic heterocycles. The standard InChI is InChI=1S/C22H19N5O3/c1-13-20-17(22(28)27(13)16-7-9-24-15(11-16)6-8-23)4-5-18(26-20)14-10-19(29-2)21(30-3)25-12-14/h4-5,7,9-13H,6H2,1-3H3. The van der Waals surface area contributed by atoms with Gasteiger partial charge in [-0.05, 0) is 37.3 Å². The van der Waals surface area contributed by atoms with Crippen LogP contribution in [0.3, 0.4) is 0 Å². The van der Waals surface area contributed by atoms with E-state index in [1.807, 2.05) is 6.92 Å². The van der Waals surface area contributed by atoms with Crippen molar-refractivity contribution < 1.29 is 14.3 Å². The number of pyridine rings is 3. The molecule has 0 fully saturated rings. The third kappa shape index (κ3) is 3.20. The zero-order chi connectivity index (χ0) is 21.3. The fourth-order valence-electron chi connectivity index (χ4n) is 3.57. The molecular weight excluding hydrogens is 382 g/mol. The van der Waals surface area contributed by atoms with Gasteiger partial charge in [0, 0.05) is 23.6 Å². The van der Waals surface area contributed by atoms with E-state index in [1.165, 1.54) is 7.11 Å². The summed E-state index contributed by atoms with van der Waals surface area (Å²) in [4.78, 5) is 27.9. The van der Waals surface area contributed by atoms with E-state index < -0.39 is 0 Å². The van der Waals surface area contributed by atoms with Crippen molar-refractivity contribution in [3.63, 3.8) is 0 Å². The van der Waals surface area contributed by atoms with Gasteiger partial charge in [0.25, 0.3) is 11.8 Å². The van der Waals surface area contributed by atoms with Crippen LogP contribution in [0.25, 0.3) is 11.3 Å². The van der Waals surface area contributed by atoms with Crippen LogP contribution >= 0.6 is 0 Å². The maximum Gasteiger partial charge on any atom is 0.260 e. The van der Waals surface area contributed by atoms with Gasteiger partial charge in [-0.25, -0.2) is 9.97 Å². The van der Waals surface area contributed by atoms with Crippen molar-refractivity contribution in [2.75, 3.05) is 19.1 Å². The molecule has 0 radical (unpaired) electrons. The number of anilines is 1. The van der Waals surface area contributed by atoms with Gasteiger partial charge in [0.2, 0.25) is 0 Å². The Morgan fingerprint density at radius 3 is 2.73 bits per heavy atom. The van der Waals surface area contributed by atoms with E-state index >= 15 is 0 Å². The van der Waals surface area contributed by atoms with E-state index in [-0.39, 0.29) is 18.4 Å². The molecular formula is C22H19N5O3. The van der Waals surface area contributed by atoms with Crippen molar-refractivity contribution in [2.24, 2.45) is 0 Å². The molecule has 0 saturated heterocycles. The molecule has 150 valence electrons. The highest BCUT2D eigenvalue weighted by atomic mass is 16.5. The minimum Gasteiger partial charge on any atom is -0.491 e. The summed E-state index contributed by atoms with van der Waals surface area (Å²) in [6.45, 7) is 1.93. The maximum atomic E-state index is 13.1. The molecule has 1 aliphatic rings. The Labute approximate surface area is 173 Å². The predicted octanol–water partition coefficient (Wildman–Crippen LogP) is 3.34. The smallest absolute Gasteiger partial charge is 0.260 e. The van der Waals surface area contributed by atoms with Crippen molar-refractivity contribution in [1.82, 2.24) is 15.0 Å². The zero-order valence-corrected chi connectivity index (χ0v) is 16.8. The van der Waals surface area contributed by atoms with Crippen LogP contribution in [-0.2, 0) is 6.42 Å². The lowest BCUT2D eigenvalue weighted by Gasteiger charge is -2.22. The van der Waals surface area contributed by atoms with Gasteiger partial charge in [-0.1, -0.05) is 0 Å². The molecule has 0 aliphatic carbocycles. The second kappa shape index (κ2) is 7.79. The van der Waals surface area contributed by atoms with E-state index in [1.54, 1.807) is 54.7 Å². The highest BCUT2D eigenvalue weighted by molar-refractivity contribution is 6.10. The molecule has 1 unspecified atom stereocenters. The first-order chi connectivity index (χ1) is 14.6. The number of hydrogen-bond acceptors (Lipinski definition) is 7. The quantitative estimate of drug-likeness (QED) is 0.646. The summed E-state index contributed by atoms with van der Waals surface area (Å²) in [5.74, 6) is 0.768. The van der Waals surface area contributed by atoms with Crippen LogP contribution < -0.4 is 14.4 Å². The normalized spacial score (nSPS) is 14.9. The second-order valence-corrected chi connectivity index (χ2v) is 6.76. The number of methoxy groups -OCH3 is 2. The molecule has 30 heavy (non-hydrogen) atoms. The predicted molar refractivity (Wildman–Crippen MR) is 109 cm³/mol. The summed E-state index contributed by atoms with van der Waals surface area (Å²) < 4.78 is 10.5. The van der Waals surface area contributed by atoms with Crippen LogP contribution in [0.15, 0.2) is 42.7 Å². The second-order valence-electron chi connectivity index (χ2n) is 6.76. The molecule has 0 N–H and O–H groups in total. The first-order valence-corrected chi connectivity index (χ1v) is 9.32. The number of aromatic nitrogens is 3. The molecule has 8 heteroatoms. The molecule has 8 nitrogen and oxygen atoms in total. The summed E-state index contributed by atoms with van der Waals surface area (Å²) in [6.07, 6.45) is 3.46. The van der Waals surface area contributed by atoms with Gasteiger partial charge in [0.1, 0.15) is 0 Å². The molecule has 0 bridgehead atoms. The Bertz CT molecular complexity index is 1170. The number of nitriles is 1. The summed E-state index contributed by atoms with van der Waals surface area (Å²) >= 11 is 0. The third-order valence-corrected chi connectivity index (χ3v) is 5.02. The number of fused-ring (bicyclic) bond motifs is 1. The summed E-state index contributed by atoms with van der Waals surface area (Å²) in [5.41, 5.74) is 4.00. The highest BCUT2D eigenvalue weighted by Gasteiger charge is 2.36. The number of amides is 1. The van der Waals surface area contributed by atoms with Gasteiger partial charge in [0.05, 0.1) is 55.4 Å². The molecule has 3 aromatic rings. The van der Waals surface area contributed by atoms with Gasteiger partial charge in [0.15, 0.2) is 5.75 Å². The largest absolute Gasteiger partial charge is 0.491 e. The van der Waals surface area contributed by atoms with E-state index in [0.717, 1.165) is 5.56 Å². The van der Waals surface area contributed by atoms with Crippen LogP contribution in [0.1, 0.15) is 34.7 Å². The lowest BCUT2D eigenvalue weighted by molar-refractivity contribution is 0.0992. The minimum absolute atomic E-state index is 0.129. The minimum atomic E-state index is -0.266. The van der Waals surface area contributed by atoms with Gasteiger partial charge >= 0.3 is 0 Å². The third-order valence-electron chi connectivity index (χ3n) is 5.02. The molecule has 0 saturated carbocycles. The Morgan fingerprint density at radius 1 is 1.17 bits per heavy atom. The monoisotopic (exact) mass is 401 g/mol. The molecule has 1 amide bonds. The number of rotatable bonds is 5. The SMILES string of the molecule is COc1cc(-c2ccc3c(n2)C(C)N(c2ccnc(CC#N)c2)C3=O)cnc1OC. The van der Waals surface area contributed by atoms with E-state index in [2.05, 4.69) is 16.0 Å². The molecule has 1 aliphatic heterocycles. The maximum absolute atomic E-state index is 13.1. The topological polar surface area (TPSA) is 101 Å². The Morgan fingerprint density at radius 2 is 2.00 bits per heavy atom. The number of carbonyl (C=O) groups is 1. The molecule has 4 heterocycles. The van der Waals surface area contributed by atoms with Gasteiger partial charge in [-0.2, -0.15) is 5.26 Å². The Balaban J connectivity index is 1.71. The van der Waals surface area contributed by atoms with Crippen LogP contribution in [0.5, 0.6) is 11.6 Å². The van der Waals surface area contributed by atoms with Crippen molar-refractivity contribution >= 4 is 11.6 Å². The number of nitrogens with zero attached hydrogens (tertiary/aromatic N) is 5. The molecule has 0 aromatic carbocycles. The van der Waals surface area contributed by atoms with Crippen LogP contribution in [-0.4, -0.2) is 35.1 Å². The van der Waals surface area contributed by atoms with Crippen molar-refractivity contribution in [1.29, 1.82) is 5.26 Å². The van der Waals surface area contributed by atoms with Crippen molar-refractivity contribution in [3.8, 4) is 29.0 Å². The summed E-state index contributed by atoms with van der Waals surface area (Å²) in [5, 5.41) is 8.93. The van der Waals surface area contributed by atoms with Gasteiger partial charge in [-0.15, -0.1) is 0 Å². The van der Waals surface area contributed by atoms with Gasteiger partial charge in [-0.3, -0.25) is 14.7 Å². The fraction of sp³-hybridized carbons (Fsp3) is 0.227. The number of hydrogen-bond donors (Lipinski definition) is 0. The van der Waals surface area contributed by atoms with Crippen molar-refractivity contribution in [2.45, 2.75) is 19.4 Å². The first kappa shape index (κ1) is 19.3. The number of ether oxygens (including phenoxy) is 2. The zero-order valence-electron chi connectivity index (χ0n) is 16.8. The summed E-state index contributed by atoms with van der Waals surface area (Å²) in [7, 11) is 3.08. The average Bonchev–Trinajstić information content (AvgIpc) is 3.03. The number of carbonyl (C=O) groups excluding carboxylic acids is 1. The molecule has 0 spiro atoms. The van der Waals surface area contributed by atoms with Crippen LogP contribution in [0.4, 0.5) is 5.69 Å². The molecule has 1 atom stereocenters. The average molecular weight is 401 g/mol. The van der Waals surface area contributed by atoms with E-state index in [0.29, 0.717) is 40.0 Å². The van der Waals surface area contributed by atoms with E-state index in [4.69, 9.17) is 19.7 Å². The lowest BCUT2D eigenvalue weighted by atomic mass is 10.1. The highest BCUT2D eigenvalue weighted by Crippen LogP contribution is 2.38. The fourth-order valence-corrected chi connectivity index (χ4v) is 3.57. The lowest BCUT2D eigenvalue weighted by Crippen LogP contribution is -2.26.